The number of hydrogen-bond donors (Lipinski definition) is 1. The Morgan fingerprint density at radius 3 is 3.00 bits per heavy atom. The molecule has 2 aromatic heterocycles. The van der Waals surface area contributed by atoms with E-state index in [9.17, 15) is 4.79 Å². The molecule has 2 rings (SSSR count). The molecule has 0 aliphatic rings. The summed E-state index contributed by atoms with van der Waals surface area (Å²) in [5.74, 6) is 0.611. The van der Waals surface area contributed by atoms with E-state index in [0.29, 0.717) is 5.69 Å². The lowest BCUT2D eigenvalue weighted by Gasteiger charge is -2.02. The molecular weight excluding hydrogens is 264 g/mol. The van der Waals surface area contributed by atoms with Crippen LogP contribution in [0.1, 0.15) is 21.2 Å². The van der Waals surface area contributed by atoms with E-state index in [2.05, 4.69) is 20.0 Å². The first-order valence-electron chi connectivity index (χ1n) is 5.87. The first-order chi connectivity index (χ1) is 9.11. The van der Waals surface area contributed by atoms with Gasteiger partial charge in [0.1, 0.15) is 5.82 Å². The minimum atomic E-state index is -0.397. The van der Waals surface area contributed by atoms with E-state index >= 15 is 0 Å². The second kappa shape index (κ2) is 5.83. The van der Waals surface area contributed by atoms with Gasteiger partial charge in [-0.05, 0) is 6.92 Å². The number of hydrogen-bond acceptors (Lipinski definition) is 6. The van der Waals surface area contributed by atoms with Gasteiger partial charge in [-0.2, -0.15) is 0 Å². The number of nitrogens with one attached hydrogen (secondary N) is 1. The predicted molar refractivity (Wildman–Crippen MR) is 73.6 cm³/mol. The van der Waals surface area contributed by atoms with Crippen LogP contribution in [0, 0.1) is 6.92 Å². The van der Waals surface area contributed by atoms with Gasteiger partial charge in [-0.25, -0.2) is 14.8 Å². The third kappa shape index (κ3) is 3.11. The minimum absolute atomic E-state index is 0.381. The molecule has 19 heavy (non-hydrogen) atoms. The zero-order valence-corrected chi connectivity index (χ0v) is 12.0. The fourth-order valence-electron chi connectivity index (χ4n) is 1.68. The van der Waals surface area contributed by atoms with E-state index in [0.717, 1.165) is 28.8 Å². The van der Waals surface area contributed by atoms with Gasteiger partial charge in [0.15, 0.2) is 10.8 Å². The fraction of sp³-hybridized carbons (Fsp3) is 0.417. The van der Waals surface area contributed by atoms with Gasteiger partial charge in [0.2, 0.25) is 0 Å². The highest BCUT2D eigenvalue weighted by atomic mass is 32.1. The van der Waals surface area contributed by atoms with Crippen molar-refractivity contribution in [2.45, 2.75) is 13.3 Å². The van der Waals surface area contributed by atoms with Crippen LogP contribution >= 0.6 is 11.3 Å². The molecule has 0 aliphatic heterocycles. The molecule has 2 heterocycles. The summed E-state index contributed by atoms with van der Waals surface area (Å²) >= 11 is 1.45. The van der Waals surface area contributed by atoms with Crippen LogP contribution in [0.3, 0.4) is 0 Å². The van der Waals surface area contributed by atoms with Crippen molar-refractivity contribution in [1.29, 1.82) is 0 Å². The molecular formula is C12H16N4O2S. The van der Waals surface area contributed by atoms with Crippen LogP contribution in [0.25, 0.3) is 0 Å². The van der Waals surface area contributed by atoms with Crippen molar-refractivity contribution in [3.63, 3.8) is 0 Å². The lowest BCUT2D eigenvalue weighted by atomic mass is 10.4. The van der Waals surface area contributed by atoms with Gasteiger partial charge in [0, 0.05) is 37.3 Å². The second-order valence-electron chi connectivity index (χ2n) is 4.05. The highest BCUT2D eigenvalue weighted by Crippen LogP contribution is 2.22. The van der Waals surface area contributed by atoms with Crippen molar-refractivity contribution in [3.05, 3.63) is 28.8 Å². The van der Waals surface area contributed by atoms with Crippen molar-refractivity contribution >= 4 is 22.4 Å². The molecule has 0 aliphatic carbocycles. The quantitative estimate of drug-likeness (QED) is 0.843. The Kier molecular flexibility index (Phi) is 4.16. The van der Waals surface area contributed by atoms with Crippen LogP contribution in [0.2, 0.25) is 0 Å². The number of carbonyl (C=O) groups is 1. The maximum atomic E-state index is 11.4. The predicted octanol–water partition coefficient (Wildman–Crippen LogP) is 1.63. The second-order valence-corrected chi connectivity index (χ2v) is 5.25. The van der Waals surface area contributed by atoms with Crippen LogP contribution in [-0.2, 0) is 18.2 Å². The summed E-state index contributed by atoms with van der Waals surface area (Å²) in [5, 5.41) is 3.93. The molecule has 0 saturated carbocycles. The molecule has 0 aromatic carbocycles. The van der Waals surface area contributed by atoms with E-state index in [1.54, 1.807) is 6.20 Å². The highest BCUT2D eigenvalue weighted by Gasteiger charge is 2.15. The van der Waals surface area contributed by atoms with Crippen molar-refractivity contribution < 1.29 is 9.53 Å². The summed E-state index contributed by atoms with van der Waals surface area (Å²) in [7, 11) is 3.32. The molecule has 2 aromatic rings. The Morgan fingerprint density at radius 1 is 1.58 bits per heavy atom. The molecule has 6 nitrogen and oxygen atoms in total. The van der Waals surface area contributed by atoms with Crippen LogP contribution in [0.4, 0.5) is 5.13 Å². The van der Waals surface area contributed by atoms with Crippen molar-refractivity contribution in [3.8, 4) is 0 Å². The van der Waals surface area contributed by atoms with E-state index in [4.69, 9.17) is 0 Å². The lowest BCUT2D eigenvalue weighted by Crippen LogP contribution is -2.09. The zero-order chi connectivity index (χ0) is 13.8. The average molecular weight is 280 g/mol. The number of thiazole rings is 1. The first-order valence-corrected chi connectivity index (χ1v) is 6.69. The lowest BCUT2D eigenvalue weighted by molar-refractivity contribution is 0.0594. The normalized spacial score (nSPS) is 10.5. The summed E-state index contributed by atoms with van der Waals surface area (Å²) in [6.45, 7) is 2.58. The molecule has 102 valence electrons. The third-order valence-electron chi connectivity index (χ3n) is 2.72. The number of rotatable bonds is 5. The molecule has 0 atom stereocenters. The van der Waals surface area contributed by atoms with Crippen molar-refractivity contribution in [1.82, 2.24) is 14.5 Å². The van der Waals surface area contributed by atoms with Gasteiger partial charge in [-0.15, -0.1) is 11.3 Å². The zero-order valence-electron chi connectivity index (χ0n) is 11.1. The number of aryl methyl sites for hydroxylation is 2. The van der Waals surface area contributed by atoms with Gasteiger partial charge in [0.05, 0.1) is 7.11 Å². The van der Waals surface area contributed by atoms with E-state index in [-0.39, 0.29) is 0 Å². The molecule has 0 saturated heterocycles. The Bertz CT molecular complexity index is 576. The molecule has 0 unspecified atom stereocenters. The number of esters is 1. The summed E-state index contributed by atoms with van der Waals surface area (Å²) < 4.78 is 6.65. The highest BCUT2D eigenvalue weighted by molar-refractivity contribution is 7.15. The van der Waals surface area contributed by atoms with Gasteiger partial charge >= 0.3 is 5.97 Å². The van der Waals surface area contributed by atoms with Crippen molar-refractivity contribution in [2.75, 3.05) is 19.0 Å². The molecule has 1 N–H and O–H groups in total. The number of carbonyl (C=O) groups excluding carboxylic acids is 1. The minimum Gasteiger partial charge on any atom is -0.464 e. The third-order valence-corrected chi connectivity index (χ3v) is 3.65. The van der Waals surface area contributed by atoms with E-state index < -0.39 is 5.97 Å². The Morgan fingerprint density at radius 2 is 2.37 bits per heavy atom. The largest absolute Gasteiger partial charge is 0.464 e. The van der Waals surface area contributed by atoms with E-state index in [1.807, 2.05) is 24.7 Å². The van der Waals surface area contributed by atoms with Gasteiger partial charge in [0.25, 0.3) is 0 Å². The maximum absolute atomic E-state index is 11.4. The summed E-state index contributed by atoms with van der Waals surface area (Å²) in [4.78, 5) is 20.8. The number of ether oxygens (including phenoxy) is 1. The standard InChI is InChI=1S/C12H16N4O2S/c1-8-10(11(17)18-3)15-12(19-8)14-5-4-9-13-6-7-16(9)2/h6-7H,4-5H2,1-3H3,(H,14,15). The molecule has 0 spiro atoms. The van der Waals surface area contributed by atoms with Crippen LogP contribution < -0.4 is 5.32 Å². The topological polar surface area (TPSA) is 69.0 Å². The molecule has 7 heteroatoms. The van der Waals surface area contributed by atoms with Crippen LogP contribution in [-0.4, -0.2) is 34.2 Å². The van der Waals surface area contributed by atoms with Gasteiger partial charge in [-0.1, -0.05) is 0 Å². The molecule has 0 bridgehead atoms. The maximum Gasteiger partial charge on any atom is 0.357 e. The number of anilines is 1. The summed E-state index contributed by atoms with van der Waals surface area (Å²) in [5.41, 5.74) is 0.381. The molecule has 0 amide bonds. The van der Waals surface area contributed by atoms with Crippen LogP contribution in [0.15, 0.2) is 12.4 Å². The summed E-state index contributed by atoms with van der Waals surface area (Å²) in [6.07, 6.45) is 4.49. The molecule has 0 radical (unpaired) electrons. The monoisotopic (exact) mass is 280 g/mol. The summed E-state index contributed by atoms with van der Waals surface area (Å²) in [6, 6.07) is 0. The number of methoxy groups -OCH3 is 1. The number of aromatic nitrogens is 3. The Balaban J connectivity index is 1.93. The Labute approximate surface area is 115 Å². The van der Waals surface area contributed by atoms with Crippen LogP contribution in [0.5, 0.6) is 0 Å². The Hall–Kier alpha value is -1.89. The van der Waals surface area contributed by atoms with Gasteiger partial charge < -0.3 is 14.6 Å². The number of imidazole rings is 1. The van der Waals surface area contributed by atoms with Gasteiger partial charge in [-0.3, -0.25) is 0 Å². The SMILES string of the molecule is COC(=O)c1nc(NCCc2nccn2C)sc1C. The average Bonchev–Trinajstić information content (AvgIpc) is 2.96. The molecule has 0 fully saturated rings. The first kappa shape index (κ1) is 13.5. The fourth-order valence-corrected chi connectivity index (χ4v) is 2.50. The smallest absolute Gasteiger partial charge is 0.357 e. The number of nitrogens with zero attached hydrogens (tertiary/aromatic N) is 3. The van der Waals surface area contributed by atoms with Crippen molar-refractivity contribution in [2.24, 2.45) is 7.05 Å². The van der Waals surface area contributed by atoms with E-state index in [1.165, 1.54) is 18.4 Å².